The molecule has 0 bridgehead atoms. The fraction of sp³-hybridized carbons (Fsp3) is 0.379. The van der Waals surface area contributed by atoms with Gasteiger partial charge < -0.3 is 14.1 Å². The van der Waals surface area contributed by atoms with Gasteiger partial charge in [0.15, 0.2) is 5.69 Å². The first-order valence-electron chi connectivity index (χ1n) is 12.8. The average molecular weight is 485 g/mol. The van der Waals surface area contributed by atoms with E-state index in [1.54, 1.807) is 0 Å². The summed E-state index contributed by atoms with van der Waals surface area (Å²) < 4.78 is 13.5. The highest BCUT2D eigenvalue weighted by atomic mass is 16.5. The fourth-order valence-electron chi connectivity index (χ4n) is 5.75. The highest BCUT2D eigenvalue weighted by molar-refractivity contribution is 5.97. The molecule has 2 aromatic heterocycles. The molecule has 0 atom stereocenters. The van der Waals surface area contributed by atoms with E-state index in [1.165, 1.54) is 0 Å². The van der Waals surface area contributed by atoms with E-state index in [4.69, 9.17) is 14.3 Å². The summed E-state index contributed by atoms with van der Waals surface area (Å²) >= 11 is 0. The third-order valence-electron chi connectivity index (χ3n) is 7.67. The number of carbonyl (C=O) groups is 1. The molecular formula is C29H32N4O3. The Kier molecular flexibility index (Phi) is 6.11. The molecule has 36 heavy (non-hydrogen) atoms. The number of rotatable bonds is 4. The number of aromatic nitrogens is 2. The van der Waals surface area contributed by atoms with Gasteiger partial charge in [0.1, 0.15) is 11.3 Å². The zero-order valence-corrected chi connectivity index (χ0v) is 20.9. The Morgan fingerprint density at radius 1 is 0.944 bits per heavy atom. The number of carbonyl (C=O) groups excluding carboxylic acids is 1. The van der Waals surface area contributed by atoms with Gasteiger partial charge in [-0.1, -0.05) is 42.5 Å². The summed E-state index contributed by atoms with van der Waals surface area (Å²) in [6.07, 6.45) is 2.00. The van der Waals surface area contributed by atoms with Crippen molar-refractivity contribution in [2.45, 2.75) is 25.8 Å². The predicted octanol–water partition coefficient (Wildman–Crippen LogP) is 4.75. The normalized spacial score (nSPS) is 17.7. The molecule has 7 heteroatoms. The molecule has 0 aliphatic carbocycles. The average Bonchev–Trinajstić information content (AvgIpc) is 3.49. The molecule has 0 saturated carbocycles. The topological polar surface area (TPSA) is 63.7 Å². The summed E-state index contributed by atoms with van der Waals surface area (Å²) in [5, 5.41) is 5.79. The Morgan fingerprint density at radius 3 is 2.39 bits per heavy atom. The van der Waals surface area contributed by atoms with E-state index in [0.29, 0.717) is 11.7 Å². The van der Waals surface area contributed by atoms with Crippen LogP contribution in [-0.4, -0.2) is 70.9 Å². The molecule has 2 aliphatic heterocycles. The molecule has 0 spiro atoms. The first-order chi connectivity index (χ1) is 17.6. The zero-order valence-electron chi connectivity index (χ0n) is 20.9. The number of fused-ring (bicyclic) bond motifs is 1. The summed E-state index contributed by atoms with van der Waals surface area (Å²) in [5.41, 5.74) is 5.25. The number of piperidine rings is 1. The van der Waals surface area contributed by atoms with Crippen LogP contribution < -0.4 is 0 Å². The quantitative estimate of drug-likeness (QED) is 0.419. The molecule has 2 saturated heterocycles. The summed E-state index contributed by atoms with van der Waals surface area (Å²) in [4.78, 5) is 18.1. The van der Waals surface area contributed by atoms with E-state index < -0.39 is 0 Å². The van der Waals surface area contributed by atoms with Gasteiger partial charge in [-0.15, -0.1) is 0 Å². The van der Waals surface area contributed by atoms with E-state index >= 15 is 0 Å². The standard InChI is InChI=1S/C29H32N4O3/c1-20-27(29(34)33-13-11-22(12-14-33)32-15-17-35-18-16-32)30-31(2)28(20)24-9-5-4-8-23(24)26-19-21-7-3-6-10-25(21)36-26/h3-10,19,22H,11-18H2,1-2H3. The van der Waals surface area contributed by atoms with Crippen LogP contribution in [0.3, 0.4) is 0 Å². The van der Waals surface area contributed by atoms with E-state index in [9.17, 15) is 4.79 Å². The van der Waals surface area contributed by atoms with Crippen molar-refractivity contribution in [3.63, 3.8) is 0 Å². The molecular weight excluding hydrogens is 452 g/mol. The number of furan rings is 1. The molecule has 0 unspecified atom stereocenters. The number of amides is 1. The number of para-hydroxylation sites is 1. The second-order valence-corrected chi connectivity index (χ2v) is 9.81. The number of ether oxygens (including phenoxy) is 1. The largest absolute Gasteiger partial charge is 0.456 e. The van der Waals surface area contributed by atoms with Gasteiger partial charge >= 0.3 is 0 Å². The first kappa shape index (κ1) is 23.0. The SMILES string of the molecule is Cc1c(C(=O)N2CCC(N3CCOCC3)CC2)nn(C)c1-c1ccccc1-c1cc2ccccc2o1. The van der Waals surface area contributed by atoms with Gasteiger partial charge in [0, 0.05) is 61.3 Å². The highest BCUT2D eigenvalue weighted by Gasteiger charge is 2.31. The fourth-order valence-corrected chi connectivity index (χ4v) is 5.75. The van der Waals surface area contributed by atoms with Crippen LogP contribution in [0.15, 0.2) is 59.0 Å². The van der Waals surface area contributed by atoms with Crippen LogP contribution in [0, 0.1) is 6.92 Å². The number of hydrogen-bond donors (Lipinski definition) is 0. The molecule has 7 nitrogen and oxygen atoms in total. The summed E-state index contributed by atoms with van der Waals surface area (Å²) in [6.45, 7) is 7.14. The van der Waals surface area contributed by atoms with Crippen molar-refractivity contribution in [2.24, 2.45) is 7.05 Å². The third kappa shape index (κ3) is 4.12. The lowest BCUT2D eigenvalue weighted by Crippen LogP contribution is -2.50. The number of aryl methyl sites for hydroxylation is 1. The van der Waals surface area contributed by atoms with Gasteiger partial charge in [0.2, 0.25) is 0 Å². The number of benzene rings is 2. The lowest BCUT2D eigenvalue weighted by Gasteiger charge is -2.39. The van der Waals surface area contributed by atoms with Gasteiger partial charge in [-0.2, -0.15) is 5.10 Å². The number of hydrogen-bond acceptors (Lipinski definition) is 5. The van der Waals surface area contributed by atoms with Crippen LogP contribution >= 0.6 is 0 Å². The molecule has 1 amide bonds. The zero-order chi connectivity index (χ0) is 24.6. The van der Waals surface area contributed by atoms with Gasteiger partial charge in [0.25, 0.3) is 5.91 Å². The smallest absolute Gasteiger partial charge is 0.274 e. The number of likely N-dealkylation sites (tertiary alicyclic amines) is 1. The van der Waals surface area contributed by atoms with Crippen LogP contribution in [0.5, 0.6) is 0 Å². The molecule has 6 rings (SSSR count). The Morgan fingerprint density at radius 2 is 1.64 bits per heavy atom. The Bertz CT molecular complexity index is 1360. The molecule has 2 fully saturated rings. The maximum Gasteiger partial charge on any atom is 0.274 e. The first-order valence-corrected chi connectivity index (χ1v) is 12.8. The Hall–Kier alpha value is -3.42. The minimum absolute atomic E-state index is 0.0241. The molecule has 186 valence electrons. The van der Waals surface area contributed by atoms with Crippen LogP contribution in [0.4, 0.5) is 0 Å². The van der Waals surface area contributed by atoms with Crippen LogP contribution in [0.1, 0.15) is 28.9 Å². The second-order valence-electron chi connectivity index (χ2n) is 9.81. The minimum Gasteiger partial charge on any atom is -0.456 e. The van der Waals surface area contributed by atoms with E-state index in [2.05, 4.69) is 29.2 Å². The molecule has 4 heterocycles. The predicted molar refractivity (Wildman–Crippen MR) is 140 cm³/mol. The Labute approximate surface area is 211 Å². The van der Waals surface area contributed by atoms with Gasteiger partial charge in [-0.3, -0.25) is 14.4 Å². The van der Waals surface area contributed by atoms with Gasteiger partial charge in [0.05, 0.1) is 18.9 Å². The van der Waals surface area contributed by atoms with E-state index in [-0.39, 0.29) is 5.91 Å². The van der Waals surface area contributed by atoms with Gasteiger partial charge in [-0.25, -0.2) is 0 Å². The number of morpholine rings is 1. The van der Waals surface area contributed by atoms with Crippen molar-refractivity contribution in [3.05, 3.63) is 65.9 Å². The van der Waals surface area contributed by atoms with Crippen LogP contribution in [0.25, 0.3) is 33.6 Å². The lowest BCUT2D eigenvalue weighted by atomic mass is 9.98. The van der Waals surface area contributed by atoms with E-state index in [0.717, 1.165) is 91.3 Å². The highest BCUT2D eigenvalue weighted by Crippen LogP contribution is 2.37. The molecule has 2 aromatic carbocycles. The van der Waals surface area contributed by atoms with Crippen molar-refractivity contribution in [1.29, 1.82) is 0 Å². The maximum atomic E-state index is 13.6. The summed E-state index contributed by atoms with van der Waals surface area (Å²) in [7, 11) is 1.92. The monoisotopic (exact) mass is 484 g/mol. The van der Waals surface area contributed by atoms with Crippen molar-refractivity contribution in [1.82, 2.24) is 19.6 Å². The lowest BCUT2D eigenvalue weighted by molar-refractivity contribution is 0.00151. The van der Waals surface area contributed by atoms with Crippen molar-refractivity contribution in [3.8, 4) is 22.6 Å². The minimum atomic E-state index is 0.0241. The summed E-state index contributed by atoms with van der Waals surface area (Å²) in [6, 6.07) is 18.8. The van der Waals surface area contributed by atoms with Crippen LogP contribution in [-0.2, 0) is 11.8 Å². The Balaban J connectivity index is 1.27. The van der Waals surface area contributed by atoms with E-state index in [1.807, 2.05) is 53.9 Å². The van der Waals surface area contributed by atoms with Crippen LogP contribution in [0.2, 0.25) is 0 Å². The van der Waals surface area contributed by atoms with Crippen molar-refractivity contribution >= 4 is 16.9 Å². The van der Waals surface area contributed by atoms with Crippen molar-refractivity contribution in [2.75, 3.05) is 39.4 Å². The molecule has 0 N–H and O–H groups in total. The number of nitrogens with zero attached hydrogens (tertiary/aromatic N) is 4. The summed E-state index contributed by atoms with van der Waals surface area (Å²) in [5.74, 6) is 0.835. The second kappa shape index (κ2) is 9.56. The molecule has 4 aromatic rings. The molecule has 2 aliphatic rings. The van der Waals surface area contributed by atoms with Crippen molar-refractivity contribution < 1.29 is 13.9 Å². The maximum absolute atomic E-state index is 13.6. The molecule has 0 radical (unpaired) electrons. The third-order valence-corrected chi connectivity index (χ3v) is 7.67. The van der Waals surface area contributed by atoms with Gasteiger partial charge in [-0.05, 0) is 31.9 Å².